The summed E-state index contributed by atoms with van der Waals surface area (Å²) in [7, 11) is 0. The van der Waals surface area contributed by atoms with E-state index < -0.39 is 0 Å². The molecule has 0 bridgehead atoms. The predicted octanol–water partition coefficient (Wildman–Crippen LogP) is 4.44. The number of hydrogen-bond donors (Lipinski definition) is 0. The van der Waals surface area contributed by atoms with Gasteiger partial charge in [-0.25, -0.2) is 8.78 Å². The molecule has 0 saturated carbocycles. The maximum Gasteiger partial charge on any atom is 0.253 e. The summed E-state index contributed by atoms with van der Waals surface area (Å²) in [6.45, 7) is 1.17. The van der Waals surface area contributed by atoms with Crippen molar-refractivity contribution in [1.82, 2.24) is 14.9 Å². The van der Waals surface area contributed by atoms with Gasteiger partial charge >= 0.3 is 0 Å². The summed E-state index contributed by atoms with van der Waals surface area (Å²) < 4.78 is 26.4. The van der Waals surface area contributed by atoms with Gasteiger partial charge in [0.05, 0.1) is 11.4 Å². The van der Waals surface area contributed by atoms with Crippen LogP contribution in [0.4, 0.5) is 8.78 Å². The van der Waals surface area contributed by atoms with Crippen LogP contribution < -0.4 is 0 Å². The lowest BCUT2D eigenvalue weighted by Gasteiger charge is -2.33. The summed E-state index contributed by atoms with van der Waals surface area (Å²) in [5.41, 5.74) is 2.79. The topological polar surface area (TPSA) is 46.1 Å². The number of hydrogen-bond acceptors (Lipinski definition) is 3. The number of amides is 1. The lowest BCUT2D eigenvalue weighted by atomic mass is 9.91. The molecule has 1 aliphatic heterocycles. The van der Waals surface area contributed by atoms with E-state index in [1.54, 1.807) is 29.4 Å². The van der Waals surface area contributed by atoms with Gasteiger partial charge in [-0.1, -0.05) is 0 Å². The summed E-state index contributed by atoms with van der Waals surface area (Å²) in [5.74, 6) is -0.747. The van der Waals surface area contributed by atoms with Crippen LogP contribution in [0.1, 0.15) is 34.8 Å². The van der Waals surface area contributed by atoms with Crippen LogP contribution in [0.15, 0.2) is 60.9 Å². The first kappa shape index (κ1) is 18.2. The maximum atomic E-state index is 13.3. The minimum Gasteiger partial charge on any atom is -0.338 e. The molecule has 0 aliphatic carbocycles. The number of aromatic nitrogens is 2. The van der Waals surface area contributed by atoms with E-state index in [-0.39, 0.29) is 23.5 Å². The predicted molar refractivity (Wildman–Crippen MR) is 102 cm³/mol. The Morgan fingerprint density at radius 1 is 0.929 bits per heavy atom. The van der Waals surface area contributed by atoms with Gasteiger partial charge in [-0.2, -0.15) is 0 Å². The van der Waals surface area contributed by atoms with Crippen molar-refractivity contribution < 1.29 is 13.6 Å². The first-order valence-electron chi connectivity index (χ1n) is 9.23. The van der Waals surface area contributed by atoms with E-state index in [0.717, 1.165) is 24.1 Å². The number of rotatable bonds is 3. The lowest BCUT2D eigenvalue weighted by Crippen LogP contribution is -2.39. The Hall–Kier alpha value is -3.15. The second-order valence-corrected chi connectivity index (χ2v) is 6.89. The molecule has 28 heavy (non-hydrogen) atoms. The Labute approximate surface area is 161 Å². The van der Waals surface area contributed by atoms with Gasteiger partial charge in [0.1, 0.15) is 11.6 Å². The van der Waals surface area contributed by atoms with Gasteiger partial charge in [-0.05, 0) is 61.4 Å². The van der Waals surface area contributed by atoms with E-state index in [1.165, 1.54) is 36.4 Å². The van der Waals surface area contributed by atoms with Crippen molar-refractivity contribution in [3.63, 3.8) is 0 Å². The first-order chi connectivity index (χ1) is 13.6. The highest BCUT2D eigenvalue weighted by Crippen LogP contribution is 2.32. The zero-order valence-electron chi connectivity index (χ0n) is 15.2. The molecule has 1 aromatic heterocycles. The smallest absolute Gasteiger partial charge is 0.253 e. The normalized spacial score (nSPS) is 16.8. The van der Waals surface area contributed by atoms with Crippen molar-refractivity contribution in [1.29, 1.82) is 0 Å². The molecule has 3 aromatic rings. The van der Waals surface area contributed by atoms with Crippen LogP contribution in [0, 0.1) is 11.6 Å². The number of nitrogens with zero attached hydrogens (tertiary/aromatic N) is 3. The summed E-state index contributed by atoms with van der Waals surface area (Å²) in [6.07, 6.45) is 4.99. The molecule has 1 fully saturated rings. The number of halogens is 2. The van der Waals surface area contributed by atoms with Crippen LogP contribution in [-0.2, 0) is 0 Å². The van der Waals surface area contributed by atoms with Crippen molar-refractivity contribution >= 4 is 5.91 Å². The van der Waals surface area contributed by atoms with Gasteiger partial charge in [-0.3, -0.25) is 14.8 Å². The summed E-state index contributed by atoms with van der Waals surface area (Å²) in [4.78, 5) is 23.6. The molecule has 4 nitrogen and oxygen atoms in total. The Bertz CT molecular complexity index is 974. The second kappa shape index (κ2) is 7.84. The van der Waals surface area contributed by atoms with E-state index in [4.69, 9.17) is 0 Å². The van der Waals surface area contributed by atoms with Crippen molar-refractivity contribution in [3.05, 3.63) is 83.8 Å². The standard InChI is InChI=1S/C22H19F2N3O/c23-18-7-3-15(4-8-18)20-21(26-12-11-25-20)17-2-1-13-27(14-17)22(28)16-5-9-19(24)10-6-16/h3-12,17H,1-2,13-14H2/t17-/m1/s1. The largest absolute Gasteiger partial charge is 0.338 e. The van der Waals surface area contributed by atoms with Crippen molar-refractivity contribution in [2.75, 3.05) is 13.1 Å². The van der Waals surface area contributed by atoms with Crippen LogP contribution in [0.25, 0.3) is 11.3 Å². The van der Waals surface area contributed by atoms with Gasteiger partial charge in [0.25, 0.3) is 5.91 Å². The Kier molecular flexibility index (Phi) is 5.10. The van der Waals surface area contributed by atoms with Crippen molar-refractivity contribution in [2.24, 2.45) is 0 Å². The second-order valence-electron chi connectivity index (χ2n) is 6.89. The van der Waals surface area contributed by atoms with E-state index in [2.05, 4.69) is 9.97 Å². The highest BCUT2D eigenvalue weighted by atomic mass is 19.1. The Balaban J connectivity index is 1.59. The van der Waals surface area contributed by atoms with Crippen LogP contribution in [0.3, 0.4) is 0 Å². The molecule has 1 amide bonds. The van der Waals surface area contributed by atoms with Crippen LogP contribution in [0.5, 0.6) is 0 Å². The maximum absolute atomic E-state index is 13.3. The Morgan fingerprint density at radius 3 is 2.29 bits per heavy atom. The fraction of sp³-hybridized carbons (Fsp3) is 0.227. The molecule has 1 atom stereocenters. The average Bonchev–Trinajstić information content (AvgIpc) is 2.74. The van der Waals surface area contributed by atoms with Gasteiger partial charge in [-0.15, -0.1) is 0 Å². The zero-order valence-corrected chi connectivity index (χ0v) is 15.2. The number of benzene rings is 2. The molecule has 1 saturated heterocycles. The van der Waals surface area contributed by atoms with Crippen LogP contribution >= 0.6 is 0 Å². The van der Waals surface area contributed by atoms with Gasteiger partial charge in [0, 0.05) is 42.5 Å². The SMILES string of the molecule is O=C(c1ccc(F)cc1)N1CCC[C@@H](c2nccnc2-c2ccc(F)cc2)C1. The van der Waals surface area contributed by atoms with Gasteiger partial charge in [0.2, 0.25) is 0 Å². The molecule has 4 rings (SSSR count). The van der Waals surface area contributed by atoms with Crippen molar-refractivity contribution in [2.45, 2.75) is 18.8 Å². The third-order valence-corrected chi connectivity index (χ3v) is 5.03. The van der Waals surface area contributed by atoms with Crippen LogP contribution in [-0.4, -0.2) is 33.9 Å². The minimum absolute atomic E-state index is 0.0342. The third-order valence-electron chi connectivity index (χ3n) is 5.03. The molecule has 142 valence electrons. The zero-order chi connectivity index (χ0) is 19.5. The molecule has 2 aromatic carbocycles. The monoisotopic (exact) mass is 379 g/mol. The number of likely N-dealkylation sites (tertiary alicyclic amines) is 1. The number of carbonyl (C=O) groups is 1. The minimum atomic E-state index is -0.364. The molecule has 0 spiro atoms. The van der Waals surface area contributed by atoms with E-state index >= 15 is 0 Å². The molecular weight excluding hydrogens is 360 g/mol. The molecule has 0 N–H and O–H groups in total. The van der Waals surface area contributed by atoms with Gasteiger partial charge in [0.15, 0.2) is 0 Å². The summed E-state index contributed by atoms with van der Waals surface area (Å²) in [5, 5.41) is 0. The summed E-state index contributed by atoms with van der Waals surface area (Å²) in [6, 6.07) is 11.8. The van der Waals surface area contributed by atoms with E-state index in [1.807, 2.05) is 0 Å². The van der Waals surface area contributed by atoms with Crippen molar-refractivity contribution in [3.8, 4) is 11.3 Å². The molecule has 1 aliphatic rings. The highest BCUT2D eigenvalue weighted by Gasteiger charge is 2.28. The quantitative estimate of drug-likeness (QED) is 0.676. The average molecular weight is 379 g/mol. The highest BCUT2D eigenvalue weighted by molar-refractivity contribution is 5.94. The first-order valence-corrected chi connectivity index (χ1v) is 9.23. The van der Waals surface area contributed by atoms with Gasteiger partial charge < -0.3 is 4.90 Å². The Morgan fingerprint density at radius 2 is 1.57 bits per heavy atom. The molecule has 0 radical (unpaired) electrons. The molecule has 0 unspecified atom stereocenters. The fourth-order valence-corrected chi connectivity index (χ4v) is 3.64. The molecule has 6 heteroatoms. The molecule has 2 heterocycles. The third kappa shape index (κ3) is 3.76. The summed E-state index contributed by atoms with van der Waals surface area (Å²) >= 11 is 0. The lowest BCUT2D eigenvalue weighted by molar-refractivity contribution is 0.0706. The number of piperidine rings is 1. The number of carbonyl (C=O) groups excluding carboxylic acids is 1. The van der Waals surface area contributed by atoms with E-state index in [9.17, 15) is 13.6 Å². The molecular formula is C22H19F2N3O. The van der Waals surface area contributed by atoms with E-state index in [0.29, 0.717) is 24.3 Å². The van der Waals surface area contributed by atoms with Crippen LogP contribution in [0.2, 0.25) is 0 Å². The fourth-order valence-electron chi connectivity index (χ4n) is 3.64.